The first-order valence-electron chi connectivity index (χ1n) is 4.74. The Hall–Kier alpha value is -2.51. The number of esters is 1. The molecule has 2 aromatic heterocycles. The zero-order valence-electron chi connectivity index (χ0n) is 9.04. The first kappa shape index (κ1) is 11.0. The van der Waals surface area contributed by atoms with Crippen LogP contribution in [0.3, 0.4) is 0 Å². The summed E-state index contributed by atoms with van der Waals surface area (Å²) in [6.07, 6.45) is 1.44. The van der Waals surface area contributed by atoms with Crippen LogP contribution in [0.1, 0.15) is 12.6 Å². The van der Waals surface area contributed by atoms with Crippen LogP contribution in [0.15, 0.2) is 6.20 Å². The van der Waals surface area contributed by atoms with Crippen LogP contribution in [-0.4, -0.2) is 25.9 Å². The summed E-state index contributed by atoms with van der Waals surface area (Å²) in [6.45, 7) is 1.34. The first-order chi connectivity index (χ1) is 8.06. The van der Waals surface area contributed by atoms with Crippen LogP contribution in [0.4, 0.5) is 11.8 Å². The quantitative estimate of drug-likeness (QED) is 0.674. The molecule has 0 aromatic carbocycles. The number of nitrogens with two attached hydrogens (primary N) is 2. The van der Waals surface area contributed by atoms with Gasteiger partial charge in [-0.05, 0) is 0 Å². The minimum absolute atomic E-state index is 0.0299. The molecule has 0 aliphatic carbocycles. The Kier molecular flexibility index (Phi) is 2.69. The number of anilines is 2. The predicted molar refractivity (Wildman–Crippen MR) is 59.4 cm³/mol. The van der Waals surface area contributed by atoms with Gasteiger partial charge < -0.3 is 16.2 Å². The van der Waals surface area contributed by atoms with Crippen LogP contribution in [0.5, 0.6) is 0 Å². The molecule has 0 saturated heterocycles. The first-order valence-corrected chi connectivity index (χ1v) is 4.74. The lowest BCUT2D eigenvalue weighted by atomic mass is 10.4. The van der Waals surface area contributed by atoms with Crippen LogP contribution in [-0.2, 0) is 16.1 Å². The van der Waals surface area contributed by atoms with Crippen molar-refractivity contribution in [2.75, 3.05) is 11.5 Å². The van der Waals surface area contributed by atoms with Crippen molar-refractivity contribution >= 4 is 28.9 Å². The molecule has 17 heavy (non-hydrogen) atoms. The van der Waals surface area contributed by atoms with Crippen molar-refractivity contribution < 1.29 is 9.53 Å². The highest BCUT2D eigenvalue weighted by Gasteiger charge is 2.08. The van der Waals surface area contributed by atoms with E-state index in [1.165, 1.54) is 13.1 Å². The number of carbonyl (C=O) groups is 1. The second-order valence-electron chi connectivity index (χ2n) is 3.28. The molecular weight excluding hydrogens is 224 g/mol. The molecule has 2 rings (SSSR count). The van der Waals surface area contributed by atoms with Crippen molar-refractivity contribution in [3.63, 3.8) is 0 Å². The van der Waals surface area contributed by atoms with E-state index in [0.29, 0.717) is 16.9 Å². The minimum Gasteiger partial charge on any atom is -0.459 e. The van der Waals surface area contributed by atoms with Crippen molar-refractivity contribution in [3.8, 4) is 0 Å². The van der Waals surface area contributed by atoms with Gasteiger partial charge in [0.25, 0.3) is 0 Å². The van der Waals surface area contributed by atoms with Gasteiger partial charge in [0, 0.05) is 6.92 Å². The largest absolute Gasteiger partial charge is 0.459 e. The minimum atomic E-state index is -0.395. The van der Waals surface area contributed by atoms with Gasteiger partial charge in [0.1, 0.15) is 6.61 Å². The molecule has 8 heteroatoms. The van der Waals surface area contributed by atoms with E-state index in [1.54, 1.807) is 0 Å². The van der Waals surface area contributed by atoms with Crippen molar-refractivity contribution in [2.45, 2.75) is 13.5 Å². The number of hydrogen-bond donors (Lipinski definition) is 2. The summed E-state index contributed by atoms with van der Waals surface area (Å²) in [4.78, 5) is 26.5. The third kappa shape index (κ3) is 2.36. The Morgan fingerprint density at radius 1 is 1.35 bits per heavy atom. The number of nitrogen functional groups attached to an aromatic ring is 2. The Labute approximate surface area is 96.0 Å². The van der Waals surface area contributed by atoms with E-state index < -0.39 is 5.97 Å². The number of aromatic nitrogens is 4. The van der Waals surface area contributed by atoms with Gasteiger partial charge in [-0.25, -0.2) is 9.97 Å². The second-order valence-corrected chi connectivity index (χ2v) is 3.28. The van der Waals surface area contributed by atoms with Crippen molar-refractivity contribution in [2.24, 2.45) is 0 Å². The van der Waals surface area contributed by atoms with Crippen LogP contribution >= 0.6 is 0 Å². The third-order valence-corrected chi connectivity index (χ3v) is 1.92. The number of carbonyl (C=O) groups excluding carboxylic acids is 1. The lowest BCUT2D eigenvalue weighted by molar-refractivity contribution is -0.142. The van der Waals surface area contributed by atoms with Crippen LogP contribution in [0, 0.1) is 0 Å². The van der Waals surface area contributed by atoms with Gasteiger partial charge in [0.15, 0.2) is 17.0 Å². The molecule has 0 aliphatic rings. The number of hydrogen-bond acceptors (Lipinski definition) is 8. The van der Waals surface area contributed by atoms with Gasteiger partial charge in [-0.15, -0.1) is 0 Å². The molecule has 0 spiro atoms. The lowest BCUT2D eigenvalue weighted by Gasteiger charge is -2.04. The summed E-state index contributed by atoms with van der Waals surface area (Å²) in [5.41, 5.74) is 12.2. The Balaban J connectivity index is 2.40. The fraction of sp³-hybridized carbons (Fsp3) is 0.222. The molecule has 4 N–H and O–H groups in total. The van der Waals surface area contributed by atoms with Gasteiger partial charge >= 0.3 is 5.97 Å². The number of nitrogens with zero attached hydrogens (tertiary/aromatic N) is 4. The molecule has 0 bridgehead atoms. The molecule has 0 radical (unpaired) electrons. The summed E-state index contributed by atoms with van der Waals surface area (Å²) in [7, 11) is 0. The third-order valence-electron chi connectivity index (χ3n) is 1.92. The molecular formula is C9H10N6O2. The fourth-order valence-electron chi connectivity index (χ4n) is 1.23. The van der Waals surface area contributed by atoms with Crippen LogP contribution < -0.4 is 11.5 Å². The summed E-state index contributed by atoms with van der Waals surface area (Å²) in [5.74, 6) is -0.213. The summed E-state index contributed by atoms with van der Waals surface area (Å²) in [6, 6.07) is 0. The Morgan fingerprint density at radius 2 is 2.12 bits per heavy atom. The smallest absolute Gasteiger partial charge is 0.303 e. The van der Waals surface area contributed by atoms with Crippen molar-refractivity contribution in [1.29, 1.82) is 0 Å². The Bertz CT molecular complexity index is 585. The van der Waals surface area contributed by atoms with Crippen molar-refractivity contribution in [3.05, 3.63) is 11.9 Å². The maximum Gasteiger partial charge on any atom is 0.303 e. The zero-order valence-corrected chi connectivity index (χ0v) is 9.04. The zero-order chi connectivity index (χ0) is 12.4. The molecule has 0 unspecified atom stereocenters. The standard InChI is InChI=1S/C9H10N6O2/c1-4(16)17-3-5-2-12-8-6(13-5)7(10)14-9(11)15-8/h2H,3H2,1H3,(H4,10,11,12,14,15). The summed E-state index contributed by atoms with van der Waals surface area (Å²) in [5, 5.41) is 0. The maximum absolute atomic E-state index is 10.7. The lowest BCUT2D eigenvalue weighted by Crippen LogP contribution is -2.06. The van der Waals surface area contributed by atoms with Gasteiger partial charge in [0.05, 0.1) is 11.9 Å². The predicted octanol–water partition coefficient (Wildman–Crippen LogP) is -0.353. The van der Waals surface area contributed by atoms with E-state index in [-0.39, 0.29) is 18.4 Å². The van der Waals surface area contributed by atoms with E-state index in [0.717, 1.165) is 0 Å². The van der Waals surface area contributed by atoms with Crippen molar-refractivity contribution in [1.82, 2.24) is 19.9 Å². The SMILES string of the molecule is CC(=O)OCc1cnc2nc(N)nc(N)c2n1. The number of ether oxygens (including phenoxy) is 1. The maximum atomic E-state index is 10.7. The molecule has 0 saturated carbocycles. The molecule has 0 fully saturated rings. The van der Waals surface area contributed by atoms with Crippen LogP contribution in [0.2, 0.25) is 0 Å². The molecule has 8 nitrogen and oxygen atoms in total. The molecule has 0 amide bonds. The summed E-state index contributed by atoms with van der Waals surface area (Å²) >= 11 is 0. The average molecular weight is 234 g/mol. The highest BCUT2D eigenvalue weighted by atomic mass is 16.5. The van der Waals surface area contributed by atoms with Crippen LogP contribution in [0.25, 0.3) is 11.2 Å². The highest BCUT2D eigenvalue weighted by Crippen LogP contribution is 2.14. The van der Waals surface area contributed by atoms with E-state index in [2.05, 4.69) is 19.9 Å². The second kappa shape index (κ2) is 4.16. The molecule has 0 atom stereocenters. The molecule has 0 aliphatic heterocycles. The van der Waals surface area contributed by atoms with E-state index >= 15 is 0 Å². The van der Waals surface area contributed by atoms with E-state index in [4.69, 9.17) is 16.2 Å². The topological polar surface area (TPSA) is 130 Å². The fourth-order valence-corrected chi connectivity index (χ4v) is 1.23. The monoisotopic (exact) mass is 234 g/mol. The van der Waals surface area contributed by atoms with Gasteiger partial charge in [-0.1, -0.05) is 0 Å². The number of fused-ring (bicyclic) bond motifs is 1. The average Bonchev–Trinajstić information content (AvgIpc) is 2.26. The van der Waals surface area contributed by atoms with E-state index in [1.807, 2.05) is 0 Å². The molecule has 2 aromatic rings. The van der Waals surface area contributed by atoms with E-state index in [9.17, 15) is 4.79 Å². The normalized spacial score (nSPS) is 10.4. The number of rotatable bonds is 2. The molecule has 88 valence electrons. The van der Waals surface area contributed by atoms with Gasteiger partial charge in [-0.2, -0.15) is 9.97 Å². The summed E-state index contributed by atoms with van der Waals surface area (Å²) < 4.78 is 4.79. The van der Waals surface area contributed by atoms with Gasteiger partial charge in [-0.3, -0.25) is 4.79 Å². The van der Waals surface area contributed by atoms with Gasteiger partial charge in [0.2, 0.25) is 5.95 Å². The highest BCUT2D eigenvalue weighted by molar-refractivity contribution is 5.81. The molecule has 2 heterocycles. The Morgan fingerprint density at radius 3 is 2.82 bits per heavy atom.